The van der Waals surface area contributed by atoms with Gasteiger partial charge in [-0.1, -0.05) is 19.4 Å². The Balaban J connectivity index is 2.10. The fraction of sp³-hybridized carbons (Fsp3) is 0.562. The Hall–Kier alpha value is -1.81. The molecule has 1 saturated heterocycles. The topological polar surface area (TPSA) is 86.7 Å². The van der Waals surface area contributed by atoms with E-state index in [4.69, 9.17) is 0 Å². The lowest BCUT2D eigenvalue weighted by Gasteiger charge is -2.38. The summed E-state index contributed by atoms with van der Waals surface area (Å²) in [6.07, 6.45) is 2.32. The molecule has 1 aliphatic heterocycles. The van der Waals surface area contributed by atoms with Crippen molar-refractivity contribution >= 4 is 21.6 Å². The van der Waals surface area contributed by atoms with Crippen molar-refractivity contribution in [3.63, 3.8) is 0 Å². The molecule has 0 atom stereocenters. The maximum absolute atomic E-state index is 12.5. The van der Waals surface area contributed by atoms with E-state index in [1.165, 1.54) is 21.8 Å². The summed E-state index contributed by atoms with van der Waals surface area (Å²) in [4.78, 5) is 14.0. The van der Waals surface area contributed by atoms with Crippen LogP contribution in [0.1, 0.15) is 43.0 Å². The number of halogens is 3. The molecule has 1 fully saturated rings. The van der Waals surface area contributed by atoms with E-state index >= 15 is 0 Å². The summed E-state index contributed by atoms with van der Waals surface area (Å²) < 4.78 is 61.1. The van der Waals surface area contributed by atoms with Crippen LogP contribution in [0.25, 0.3) is 0 Å². The zero-order valence-corrected chi connectivity index (χ0v) is 15.0. The van der Waals surface area contributed by atoms with Crippen molar-refractivity contribution in [3.8, 4) is 0 Å². The molecule has 6 nitrogen and oxygen atoms in total. The van der Waals surface area contributed by atoms with Crippen molar-refractivity contribution < 1.29 is 31.5 Å². The second kappa shape index (κ2) is 7.43. The lowest BCUT2D eigenvalue weighted by molar-refractivity contribution is -0.0429. The van der Waals surface area contributed by atoms with E-state index in [-0.39, 0.29) is 11.3 Å². The van der Waals surface area contributed by atoms with Crippen LogP contribution in [0.5, 0.6) is 0 Å². The van der Waals surface area contributed by atoms with Crippen LogP contribution in [0.4, 0.5) is 18.9 Å². The van der Waals surface area contributed by atoms with E-state index in [0.717, 1.165) is 18.6 Å². The summed E-state index contributed by atoms with van der Waals surface area (Å²) in [6.45, 7) is 2.62. The molecule has 0 unspecified atom stereocenters. The molecule has 2 rings (SSSR count). The third-order valence-corrected chi connectivity index (χ3v) is 5.48. The van der Waals surface area contributed by atoms with Gasteiger partial charge in [-0.3, -0.25) is 9.52 Å². The van der Waals surface area contributed by atoms with Crippen LogP contribution in [-0.2, 0) is 10.0 Å². The van der Waals surface area contributed by atoms with Crippen LogP contribution in [0.15, 0.2) is 24.3 Å². The van der Waals surface area contributed by atoms with Gasteiger partial charge in [-0.15, -0.1) is 0 Å². The van der Waals surface area contributed by atoms with Gasteiger partial charge in [0.25, 0.3) is 5.91 Å². The standard InChI is InChI=1S/C16H21F3N2O4S/c1-2-6-15(23)7-9-21(10-8-15)14(22)12-4-3-5-13(11-12)20-26(24,25)16(17,18)19/h3-5,11,20,23H,2,6-10H2,1H3. The summed E-state index contributed by atoms with van der Waals surface area (Å²) in [6, 6.07) is 4.91. The van der Waals surface area contributed by atoms with Crippen molar-refractivity contribution in [1.82, 2.24) is 4.90 Å². The Morgan fingerprint density at radius 2 is 1.92 bits per heavy atom. The zero-order valence-electron chi connectivity index (χ0n) is 14.2. The number of alkyl halides is 3. The van der Waals surface area contributed by atoms with Gasteiger partial charge in [-0.2, -0.15) is 21.6 Å². The molecule has 10 heteroatoms. The minimum atomic E-state index is -5.55. The van der Waals surface area contributed by atoms with Gasteiger partial charge in [0.1, 0.15) is 0 Å². The first-order chi connectivity index (χ1) is 12.0. The van der Waals surface area contributed by atoms with Crippen LogP contribution in [0, 0.1) is 0 Å². The highest BCUT2D eigenvalue weighted by Crippen LogP contribution is 2.29. The normalized spacial score (nSPS) is 17.8. The maximum Gasteiger partial charge on any atom is 0.516 e. The van der Waals surface area contributed by atoms with Gasteiger partial charge < -0.3 is 10.0 Å². The Labute approximate surface area is 150 Å². The summed E-state index contributed by atoms with van der Waals surface area (Å²) in [7, 11) is -5.55. The van der Waals surface area contributed by atoms with E-state index in [1.807, 2.05) is 6.92 Å². The van der Waals surface area contributed by atoms with Crippen molar-refractivity contribution in [2.75, 3.05) is 17.8 Å². The Morgan fingerprint density at radius 1 is 1.31 bits per heavy atom. The molecule has 2 N–H and O–H groups in total. The number of hydrogen-bond acceptors (Lipinski definition) is 4. The molecule has 0 bridgehead atoms. The number of amides is 1. The number of hydrogen-bond donors (Lipinski definition) is 2. The minimum absolute atomic E-state index is 0.0771. The number of aliphatic hydroxyl groups is 1. The first-order valence-corrected chi connectivity index (χ1v) is 9.66. The third-order valence-electron chi connectivity index (χ3n) is 4.36. The van der Waals surface area contributed by atoms with Crippen LogP contribution in [-0.4, -0.2) is 48.5 Å². The largest absolute Gasteiger partial charge is 0.516 e. The van der Waals surface area contributed by atoms with Gasteiger partial charge in [-0.25, -0.2) is 0 Å². The van der Waals surface area contributed by atoms with Crippen molar-refractivity contribution in [2.45, 2.75) is 43.7 Å². The van der Waals surface area contributed by atoms with E-state index in [2.05, 4.69) is 0 Å². The maximum atomic E-state index is 12.5. The molecule has 1 aromatic rings. The molecular formula is C16H21F3N2O4S. The molecule has 1 amide bonds. The van der Waals surface area contributed by atoms with Gasteiger partial charge in [0, 0.05) is 24.3 Å². The SMILES string of the molecule is CCCC1(O)CCN(C(=O)c2cccc(NS(=O)(=O)C(F)(F)F)c2)CC1. The number of nitrogens with one attached hydrogen (secondary N) is 1. The number of carbonyl (C=O) groups excluding carboxylic acids is 1. The molecule has 0 radical (unpaired) electrons. The molecule has 146 valence electrons. The fourth-order valence-electron chi connectivity index (χ4n) is 2.95. The van der Waals surface area contributed by atoms with Crippen molar-refractivity contribution in [3.05, 3.63) is 29.8 Å². The quantitative estimate of drug-likeness (QED) is 0.804. The van der Waals surface area contributed by atoms with Gasteiger partial charge in [-0.05, 0) is 37.5 Å². The van der Waals surface area contributed by atoms with E-state index in [0.29, 0.717) is 32.4 Å². The smallest absolute Gasteiger partial charge is 0.390 e. The summed E-state index contributed by atoms with van der Waals surface area (Å²) in [5.74, 6) is -0.420. The number of rotatable bonds is 5. The van der Waals surface area contributed by atoms with Gasteiger partial charge in [0.05, 0.1) is 5.60 Å². The number of anilines is 1. The minimum Gasteiger partial charge on any atom is -0.390 e. The molecule has 0 aliphatic carbocycles. The third kappa shape index (κ3) is 4.67. The van der Waals surface area contributed by atoms with Crippen LogP contribution in [0.2, 0.25) is 0 Å². The van der Waals surface area contributed by atoms with Crippen LogP contribution < -0.4 is 4.72 Å². The number of nitrogens with zero attached hydrogens (tertiary/aromatic N) is 1. The highest BCUT2D eigenvalue weighted by atomic mass is 32.2. The van der Waals surface area contributed by atoms with Crippen molar-refractivity contribution in [2.24, 2.45) is 0 Å². The monoisotopic (exact) mass is 394 g/mol. The summed E-state index contributed by atoms with van der Waals surface area (Å²) in [5, 5.41) is 10.4. The second-order valence-corrected chi connectivity index (χ2v) is 8.07. The summed E-state index contributed by atoms with van der Waals surface area (Å²) >= 11 is 0. The van der Waals surface area contributed by atoms with Gasteiger partial charge in [0.2, 0.25) is 0 Å². The predicted octanol–water partition coefficient (Wildman–Crippen LogP) is 2.72. The molecule has 0 spiro atoms. The highest BCUT2D eigenvalue weighted by molar-refractivity contribution is 7.93. The summed E-state index contributed by atoms with van der Waals surface area (Å²) in [5.41, 5.74) is -6.50. The molecular weight excluding hydrogens is 373 g/mol. The number of carbonyl (C=O) groups is 1. The molecule has 26 heavy (non-hydrogen) atoms. The number of piperidine rings is 1. The first kappa shape index (κ1) is 20.5. The lowest BCUT2D eigenvalue weighted by atomic mass is 9.87. The van der Waals surface area contributed by atoms with Crippen LogP contribution >= 0.6 is 0 Å². The Bertz CT molecular complexity index is 757. The van der Waals surface area contributed by atoms with Gasteiger partial charge in [0.15, 0.2) is 0 Å². The average molecular weight is 394 g/mol. The van der Waals surface area contributed by atoms with E-state index in [9.17, 15) is 31.5 Å². The first-order valence-electron chi connectivity index (χ1n) is 8.18. The molecule has 0 saturated carbocycles. The molecule has 1 aliphatic rings. The highest BCUT2D eigenvalue weighted by Gasteiger charge is 2.46. The number of sulfonamides is 1. The molecule has 0 aromatic heterocycles. The zero-order chi connectivity index (χ0) is 19.6. The van der Waals surface area contributed by atoms with E-state index in [1.54, 1.807) is 0 Å². The molecule has 1 heterocycles. The van der Waals surface area contributed by atoms with Crippen molar-refractivity contribution in [1.29, 1.82) is 0 Å². The fourth-order valence-corrected chi connectivity index (χ4v) is 3.51. The Kier molecular flexibility index (Phi) is 5.86. The van der Waals surface area contributed by atoms with Crippen LogP contribution in [0.3, 0.4) is 0 Å². The predicted molar refractivity (Wildman–Crippen MR) is 90.0 cm³/mol. The second-order valence-electron chi connectivity index (χ2n) is 6.40. The van der Waals surface area contributed by atoms with Gasteiger partial charge >= 0.3 is 15.5 Å². The lowest BCUT2D eigenvalue weighted by Crippen LogP contribution is -2.46. The molecule has 1 aromatic carbocycles. The van der Waals surface area contributed by atoms with E-state index < -0.39 is 27.0 Å². The Morgan fingerprint density at radius 3 is 2.46 bits per heavy atom. The average Bonchev–Trinajstić information content (AvgIpc) is 2.54. The number of likely N-dealkylation sites (tertiary alicyclic amines) is 1. The number of benzene rings is 1.